The van der Waals surface area contributed by atoms with Crippen LogP contribution in [0.15, 0.2) is 72.8 Å². The maximum atomic E-state index is 12.8. The lowest BCUT2D eigenvalue weighted by molar-refractivity contribution is 0.0696. The second-order valence-corrected chi connectivity index (χ2v) is 8.16. The molecule has 3 aromatic carbocycles. The van der Waals surface area contributed by atoms with E-state index < -0.39 is 5.97 Å². The Bertz CT molecular complexity index is 1090. The standard InChI is InChI=1S/C26H23NO4/c28-25(29)18-11-9-17(10-12-18)19-13-14-27(15-19)26(30)31-16-24-22-7-3-1-5-20(22)21-6-2-4-8-23(21)24/h1-12,19,24H,13-16H2,(H,28,29). The van der Waals surface area contributed by atoms with Gasteiger partial charge in [-0.1, -0.05) is 60.7 Å². The maximum Gasteiger partial charge on any atom is 0.409 e. The molecular weight excluding hydrogens is 390 g/mol. The molecule has 1 aliphatic heterocycles. The number of carboxylic acid groups (broad SMARTS) is 1. The number of hydrogen-bond acceptors (Lipinski definition) is 3. The van der Waals surface area contributed by atoms with Crippen LogP contribution < -0.4 is 0 Å². The summed E-state index contributed by atoms with van der Waals surface area (Å²) in [5.74, 6) is -0.681. The number of carboxylic acids is 1. The summed E-state index contributed by atoms with van der Waals surface area (Å²) in [4.78, 5) is 25.6. The van der Waals surface area contributed by atoms with E-state index in [2.05, 4.69) is 24.3 Å². The highest BCUT2D eigenvalue weighted by Crippen LogP contribution is 2.44. The first-order chi connectivity index (χ1) is 15.1. The van der Waals surface area contributed by atoms with Crippen LogP contribution in [0.3, 0.4) is 0 Å². The van der Waals surface area contributed by atoms with Gasteiger partial charge in [0.25, 0.3) is 0 Å². The molecule has 31 heavy (non-hydrogen) atoms. The van der Waals surface area contributed by atoms with Crippen molar-refractivity contribution >= 4 is 12.1 Å². The molecule has 1 saturated heterocycles. The zero-order valence-electron chi connectivity index (χ0n) is 17.0. The lowest BCUT2D eigenvalue weighted by Gasteiger charge is -2.19. The van der Waals surface area contributed by atoms with Crippen LogP contribution >= 0.6 is 0 Å². The third kappa shape index (κ3) is 3.56. The molecule has 1 fully saturated rings. The topological polar surface area (TPSA) is 66.8 Å². The Morgan fingerprint density at radius 2 is 1.52 bits per heavy atom. The van der Waals surface area contributed by atoms with Crippen LogP contribution in [-0.4, -0.2) is 41.8 Å². The Hall–Kier alpha value is -3.60. The summed E-state index contributed by atoms with van der Waals surface area (Å²) in [6.07, 6.45) is 0.558. The van der Waals surface area contributed by atoms with Crippen LogP contribution in [0.1, 0.15) is 45.3 Å². The molecule has 1 amide bonds. The first kappa shape index (κ1) is 19.4. The Morgan fingerprint density at radius 3 is 2.13 bits per heavy atom. The third-order valence-corrected chi connectivity index (χ3v) is 6.41. The molecule has 3 aromatic rings. The van der Waals surface area contributed by atoms with Crippen molar-refractivity contribution in [2.45, 2.75) is 18.3 Å². The van der Waals surface area contributed by atoms with Gasteiger partial charge in [0.05, 0.1) is 5.56 Å². The van der Waals surface area contributed by atoms with Gasteiger partial charge in [-0.2, -0.15) is 0 Å². The number of amides is 1. The van der Waals surface area contributed by atoms with Crippen molar-refractivity contribution in [1.82, 2.24) is 4.90 Å². The van der Waals surface area contributed by atoms with E-state index in [1.165, 1.54) is 22.3 Å². The average molecular weight is 413 g/mol. The summed E-state index contributed by atoms with van der Waals surface area (Å²) in [6.45, 7) is 1.55. The Balaban J connectivity index is 1.24. The fourth-order valence-corrected chi connectivity index (χ4v) is 4.78. The van der Waals surface area contributed by atoms with Gasteiger partial charge in [-0.3, -0.25) is 0 Å². The van der Waals surface area contributed by atoms with Crippen molar-refractivity contribution in [2.75, 3.05) is 19.7 Å². The molecule has 2 aliphatic rings. The SMILES string of the molecule is O=C(O)c1ccc(C2CCN(C(=O)OCC3c4ccccc4-c4ccccc43)C2)cc1. The molecule has 5 rings (SSSR count). The molecule has 1 atom stereocenters. The minimum atomic E-state index is -0.932. The van der Waals surface area contributed by atoms with Gasteiger partial charge >= 0.3 is 12.1 Å². The Kier molecular flexibility index (Phi) is 4.94. The Labute approximate surface area is 180 Å². The van der Waals surface area contributed by atoms with Crippen LogP contribution in [0.2, 0.25) is 0 Å². The van der Waals surface area contributed by atoms with Gasteiger partial charge in [0, 0.05) is 24.9 Å². The van der Waals surface area contributed by atoms with Crippen molar-refractivity contribution in [1.29, 1.82) is 0 Å². The fourth-order valence-electron chi connectivity index (χ4n) is 4.78. The Morgan fingerprint density at radius 1 is 0.903 bits per heavy atom. The van der Waals surface area contributed by atoms with E-state index in [-0.39, 0.29) is 23.5 Å². The number of carbonyl (C=O) groups is 2. The minimum absolute atomic E-state index is 0.0540. The highest BCUT2D eigenvalue weighted by molar-refractivity contribution is 5.87. The van der Waals surface area contributed by atoms with Crippen molar-refractivity contribution in [3.8, 4) is 11.1 Å². The zero-order valence-corrected chi connectivity index (χ0v) is 17.0. The molecule has 5 nitrogen and oxygen atoms in total. The minimum Gasteiger partial charge on any atom is -0.478 e. The van der Waals surface area contributed by atoms with E-state index in [1.54, 1.807) is 17.0 Å². The van der Waals surface area contributed by atoms with E-state index >= 15 is 0 Å². The average Bonchev–Trinajstić information content (AvgIpc) is 3.41. The molecule has 0 bridgehead atoms. The molecule has 0 aromatic heterocycles. The summed E-state index contributed by atoms with van der Waals surface area (Å²) < 4.78 is 5.77. The number of ether oxygens (including phenoxy) is 1. The van der Waals surface area contributed by atoms with E-state index in [1.807, 2.05) is 36.4 Å². The number of rotatable bonds is 4. The summed E-state index contributed by atoms with van der Waals surface area (Å²) in [5, 5.41) is 9.06. The van der Waals surface area contributed by atoms with Gasteiger partial charge in [0.1, 0.15) is 6.61 Å². The monoisotopic (exact) mass is 413 g/mol. The molecule has 0 saturated carbocycles. The molecule has 0 radical (unpaired) electrons. The number of carbonyl (C=O) groups excluding carboxylic acids is 1. The van der Waals surface area contributed by atoms with E-state index in [0.29, 0.717) is 19.7 Å². The maximum absolute atomic E-state index is 12.8. The van der Waals surface area contributed by atoms with Crippen molar-refractivity contribution in [3.63, 3.8) is 0 Å². The highest BCUT2D eigenvalue weighted by atomic mass is 16.6. The number of nitrogens with zero attached hydrogens (tertiary/aromatic N) is 1. The predicted octanol–water partition coefficient (Wildman–Crippen LogP) is 5.12. The normalized spacial score (nSPS) is 17.3. The molecule has 0 spiro atoms. The van der Waals surface area contributed by atoms with Crippen molar-refractivity contribution < 1.29 is 19.4 Å². The van der Waals surface area contributed by atoms with Crippen molar-refractivity contribution in [2.24, 2.45) is 0 Å². The number of benzene rings is 3. The molecule has 1 heterocycles. The summed E-state index contributed by atoms with van der Waals surface area (Å²) in [5.41, 5.74) is 6.16. The number of likely N-dealkylation sites (tertiary alicyclic amines) is 1. The molecule has 1 unspecified atom stereocenters. The molecule has 1 aliphatic carbocycles. The van der Waals surface area contributed by atoms with Gasteiger partial charge in [-0.15, -0.1) is 0 Å². The van der Waals surface area contributed by atoms with E-state index in [4.69, 9.17) is 9.84 Å². The predicted molar refractivity (Wildman–Crippen MR) is 117 cm³/mol. The number of aromatic carboxylic acids is 1. The second kappa shape index (κ2) is 7.91. The summed E-state index contributed by atoms with van der Waals surface area (Å²) in [7, 11) is 0. The number of hydrogen-bond donors (Lipinski definition) is 1. The smallest absolute Gasteiger partial charge is 0.409 e. The van der Waals surface area contributed by atoms with Crippen LogP contribution in [0.5, 0.6) is 0 Å². The first-order valence-corrected chi connectivity index (χ1v) is 10.5. The molecular formula is C26H23NO4. The van der Waals surface area contributed by atoms with Crippen molar-refractivity contribution in [3.05, 3.63) is 95.1 Å². The van der Waals surface area contributed by atoms with Gasteiger partial charge in [-0.05, 0) is 46.4 Å². The molecule has 156 valence electrons. The van der Waals surface area contributed by atoms with E-state index in [9.17, 15) is 9.59 Å². The third-order valence-electron chi connectivity index (χ3n) is 6.41. The van der Waals surface area contributed by atoms with Crippen LogP contribution in [0.25, 0.3) is 11.1 Å². The van der Waals surface area contributed by atoms with E-state index in [0.717, 1.165) is 12.0 Å². The number of fused-ring (bicyclic) bond motifs is 3. The fraction of sp³-hybridized carbons (Fsp3) is 0.231. The summed E-state index contributed by atoms with van der Waals surface area (Å²) in [6, 6.07) is 23.5. The largest absolute Gasteiger partial charge is 0.478 e. The van der Waals surface area contributed by atoms with Gasteiger partial charge in [-0.25, -0.2) is 9.59 Å². The summed E-state index contributed by atoms with van der Waals surface area (Å²) >= 11 is 0. The van der Waals surface area contributed by atoms with Crippen LogP contribution in [0, 0.1) is 0 Å². The van der Waals surface area contributed by atoms with Gasteiger partial charge in [0.2, 0.25) is 0 Å². The van der Waals surface area contributed by atoms with Crippen LogP contribution in [-0.2, 0) is 4.74 Å². The lowest BCUT2D eigenvalue weighted by Crippen LogP contribution is -2.30. The highest BCUT2D eigenvalue weighted by Gasteiger charge is 2.32. The zero-order chi connectivity index (χ0) is 21.4. The van der Waals surface area contributed by atoms with Gasteiger partial charge < -0.3 is 14.7 Å². The quantitative estimate of drug-likeness (QED) is 0.644. The molecule has 5 heteroatoms. The first-order valence-electron chi connectivity index (χ1n) is 10.5. The van der Waals surface area contributed by atoms with Crippen LogP contribution in [0.4, 0.5) is 4.79 Å². The van der Waals surface area contributed by atoms with Gasteiger partial charge in [0.15, 0.2) is 0 Å². The lowest BCUT2D eigenvalue weighted by atomic mass is 9.97. The molecule has 1 N–H and O–H groups in total. The second-order valence-electron chi connectivity index (χ2n) is 8.16.